The molecule has 1 fully saturated rings. The van der Waals surface area contributed by atoms with Crippen molar-refractivity contribution in [2.24, 2.45) is 11.1 Å². The number of ether oxygens (including phenoxy) is 1. The van der Waals surface area contributed by atoms with Gasteiger partial charge in [0.25, 0.3) is 0 Å². The first kappa shape index (κ1) is 13.5. The van der Waals surface area contributed by atoms with Gasteiger partial charge in [0.05, 0.1) is 17.8 Å². The molecule has 5 nitrogen and oxygen atoms in total. The SMILES string of the molecule is COc1nc(N2CCC(C)(CN)CC2)ncc1Br. The van der Waals surface area contributed by atoms with E-state index in [-0.39, 0.29) is 5.41 Å². The van der Waals surface area contributed by atoms with Gasteiger partial charge in [0.15, 0.2) is 0 Å². The molecule has 0 atom stereocenters. The third-order valence-electron chi connectivity index (χ3n) is 3.64. The highest BCUT2D eigenvalue weighted by Crippen LogP contribution is 2.32. The van der Waals surface area contributed by atoms with Crippen molar-refractivity contribution in [1.29, 1.82) is 0 Å². The molecule has 1 aromatic rings. The molecule has 2 N–H and O–H groups in total. The Morgan fingerprint density at radius 1 is 1.50 bits per heavy atom. The molecule has 0 unspecified atom stereocenters. The van der Waals surface area contributed by atoms with Crippen molar-refractivity contribution in [2.75, 3.05) is 31.6 Å². The van der Waals surface area contributed by atoms with Gasteiger partial charge in [-0.3, -0.25) is 0 Å². The van der Waals surface area contributed by atoms with E-state index < -0.39 is 0 Å². The molecule has 1 saturated heterocycles. The number of piperidine rings is 1. The second-order valence-electron chi connectivity index (χ2n) is 5.03. The Balaban J connectivity index is 2.10. The van der Waals surface area contributed by atoms with Crippen LogP contribution in [0.3, 0.4) is 0 Å². The van der Waals surface area contributed by atoms with E-state index in [1.165, 1.54) is 0 Å². The molecule has 1 aliphatic heterocycles. The van der Waals surface area contributed by atoms with Crippen LogP contribution in [0.1, 0.15) is 19.8 Å². The van der Waals surface area contributed by atoms with Gasteiger partial charge in [-0.05, 0) is 40.7 Å². The van der Waals surface area contributed by atoms with Crippen molar-refractivity contribution in [3.63, 3.8) is 0 Å². The first-order valence-electron chi connectivity index (χ1n) is 6.09. The van der Waals surface area contributed by atoms with Crippen LogP contribution in [0.25, 0.3) is 0 Å². The Labute approximate surface area is 116 Å². The maximum atomic E-state index is 5.81. The average molecular weight is 315 g/mol. The smallest absolute Gasteiger partial charge is 0.232 e. The number of hydrogen-bond acceptors (Lipinski definition) is 5. The first-order valence-corrected chi connectivity index (χ1v) is 6.89. The summed E-state index contributed by atoms with van der Waals surface area (Å²) in [5, 5.41) is 0. The maximum Gasteiger partial charge on any atom is 0.232 e. The van der Waals surface area contributed by atoms with Crippen LogP contribution in [0.15, 0.2) is 10.7 Å². The quantitative estimate of drug-likeness (QED) is 0.922. The molecule has 100 valence electrons. The highest BCUT2D eigenvalue weighted by molar-refractivity contribution is 9.10. The summed E-state index contributed by atoms with van der Waals surface area (Å²) in [5.74, 6) is 1.31. The minimum atomic E-state index is 0.260. The van der Waals surface area contributed by atoms with Gasteiger partial charge in [-0.25, -0.2) is 4.98 Å². The Bertz CT molecular complexity index is 419. The molecule has 2 rings (SSSR count). The molecule has 0 aliphatic carbocycles. The van der Waals surface area contributed by atoms with Gasteiger partial charge in [0, 0.05) is 13.1 Å². The summed E-state index contributed by atoms with van der Waals surface area (Å²) in [6.07, 6.45) is 3.88. The topological polar surface area (TPSA) is 64.3 Å². The van der Waals surface area contributed by atoms with Crippen LogP contribution < -0.4 is 15.4 Å². The second kappa shape index (κ2) is 5.40. The van der Waals surface area contributed by atoms with Gasteiger partial charge in [0.1, 0.15) is 0 Å². The van der Waals surface area contributed by atoms with Crippen LogP contribution in [-0.2, 0) is 0 Å². The lowest BCUT2D eigenvalue weighted by Gasteiger charge is -2.38. The number of anilines is 1. The van der Waals surface area contributed by atoms with E-state index >= 15 is 0 Å². The molecular formula is C12H19BrN4O. The van der Waals surface area contributed by atoms with Crippen LogP contribution in [-0.4, -0.2) is 36.7 Å². The molecule has 0 aromatic carbocycles. The molecule has 0 bridgehead atoms. The Hall–Kier alpha value is -0.880. The molecular weight excluding hydrogens is 296 g/mol. The molecule has 18 heavy (non-hydrogen) atoms. The minimum Gasteiger partial charge on any atom is -0.480 e. The molecule has 1 aliphatic rings. The van der Waals surface area contributed by atoms with Gasteiger partial charge in [0.2, 0.25) is 11.8 Å². The predicted octanol–water partition coefficient (Wildman–Crippen LogP) is 1.81. The zero-order valence-corrected chi connectivity index (χ0v) is 12.4. The van der Waals surface area contributed by atoms with Crippen LogP contribution >= 0.6 is 15.9 Å². The highest BCUT2D eigenvalue weighted by atomic mass is 79.9. The number of rotatable bonds is 3. The lowest BCUT2D eigenvalue weighted by Crippen LogP contribution is -2.42. The third-order valence-corrected chi connectivity index (χ3v) is 4.18. The van der Waals surface area contributed by atoms with E-state index in [0.717, 1.165) is 42.9 Å². The molecule has 0 spiro atoms. The predicted molar refractivity (Wildman–Crippen MR) is 74.9 cm³/mol. The first-order chi connectivity index (χ1) is 8.58. The summed E-state index contributed by atoms with van der Waals surface area (Å²) >= 11 is 3.36. The van der Waals surface area contributed by atoms with Gasteiger partial charge in [-0.1, -0.05) is 6.92 Å². The van der Waals surface area contributed by atoms with E-state index in [1.54, 1.807) is 13.3 Å². The fourth-order valence-corrected chi connectivity index (χ4v) is 2.44. The number of aromatic nitrogens is 2. The number of hydrogen-bond donors (Lipinski definition) is 1. The Morgan fingerprint density at radius 3 is 2.72 bits per heavy atom. The Morgan fingerprint density at radius 2 is 2.17 bits per heavy atom. The summed E-state index contributed by atoms with van der Waals surface area (Å²) in [6, 6.07) is 0. The normalized spacial score (nSPS) is 18.8. The largest absolute Gasteiger partial charge is 0.480 e. The molecule has 1 aromatic heterocycles. The van der Waals surface area contributed by atoms with E-state index in [9.17, 15) is 0 Å². The summed E-state index contributed by atoms with van der Waals surface area (Å²) in [5.41, 5.74) is 6.07. The zero-order valence-electron chi connectivity index (χ0n) is 10.8. The van der Waals surface area contributed by atoms with Crippen molar-refractivity contribution >= 4 is 21.9 Å². The van der Waals surface area contributed by atoms with Crippen LogP contribution in [0.2, 0.25) is 0 Å². The minimum absolute atomic E-state index is 0.260. The molecule has 0 saturated carbocycles. The summed E-state index contributed by atoms with van der Waals surface area (Å²) < 4.78 is 5.97. The fourth-order valence-electron chi connectivity index (χ4n) is 2.09. The van der Waals surface area contributed by atoms with Crippen LogP contribution in [0, 0.1) is 5.41 Å². The Kier molecular flexibility index (Phi) is 4.07. The molecule has 0 amide bonds. The van der Waals surface area contributed by atoms with Crippen molar-refractivity contribution in [3.8, 4) is 5.88 Å². The van der Waals surface area contributed by atoms with E-state index in [1.807, 2.05) is 0 Å². The number of nitrogens with zero attached hydrogens (tertiary/aromatic N) is 3. The van der Waals surface area contributed by atoms with Gasteiger partial charge >= 0.3 is 0 Å². The molecule has 0 radical (unpaired) electrons. The van der Waals surface area contributed by atoms with Crippen LogP contribution in [0.5, 0.6) is 5.88 Å². The van der Waals surface area contributed by atoms with E-state index in [2.05, 4.69) is 37.7 Å². The van der Waals surface area contributed by atoms with Crippen LogP contribution in [0.4, 0.5) is 5.95 Å². The van der Waals surface area contributed by atoms with E-state index in [0.29, 0.717) is 5.88 Å². The standard InChI is InChI=1S/C12H19BrN4O/c1-12(8-14)3-5-17(6-4-12)11-15-7-9(13)10(16-11)18-2/h7H,3-6,8,14H2,1-2H3. The van der Waals surface area contributed by atoms with Gasteiger partial charge in [-0.15, -0.1) is 0 Å². The lowest BCUT2D eigenvalue weighted by atomic mass is 9.81. The molecule has 2 heterocycles. The fraction of sp³-hybridized carbons (Fsp3) is 0.667. The lowest BCUT2D eigenvalue weighted by molar-refractivity contribution is 0.257. The summed E-state index contributed by atoms with van der Waals surface area (Å²) in [4.78, 5) is 10.9. The number of nitrogens with two attached hydrogens (primary N) is 1. The average Bonchev–Trinajstić information content (AvgIpc) is 2.40. The van der Waals surface area contributed by atoms with Gasteiger partial charge in [-0.2, -0.15) is 4.98 Å². The van der Waals surface area contributed by atoms with Crippen molar-refractivity contribution in [3.05, 3.63) is 10.7 Å². The second-order valence-corrected chi connectivity index (χ2v) is 5.88. The summed E-state index contributed by atoms with van der Waals surface area (Å²) in [7, 11) is 1.61. The zero-order chi connectivity index (χ0) is 13.2. The van der Waals surface area contributed by atoms with Crippen molar-refractivity contribution in [2.45, 2.75) is 19.8 Å². The third kappa shape index (κ3) is 2.75. The monoisotopic (exact) mass is 314 g/mol. The molecule has 6 heteroatoms. The number of halogens is 1. The maximum absolute atomic E-state index is 5.81. The van der Waals surface area contributed by atoms with Gasteiger partial charge < -0.3 is 15.4 Å². The number of methoxy groups -OCH3 is 1. The summed E-state index contributed by atoms with van der Waals surface area (Å²) in [6.45, 7) is 4.87. The van der Waals surface area contributed by atoms with E-state index in [4.69, 9.17) is 10.5 Å². The highest BCUT2D eigenvalue weighted by Gasteiger charge is 2.29. The van der Waals surface area contributed by atoms with Crippen molar-refractivity contribution in [1.82, 2.24) is 9.97 Å². The van der Waals surface area contributed by atoms with Crippen molar-refractivity contribution < 1.29 is 4.74 Å².